The van der Waals surface area contributed by atoms with Crippen LogP contribution in [0.4, 0.5) is 5.69 Å². The Labute approximate surface area is 166 Å². The van der Waals surface area contributed by atoms with Crippen molar-refractivity contribution in [2.75, 3.05) is 16.4 Å². The first kappa shape index (κ1) is 20.4. The van der Waals surface area contributed by atoms with E-state index in [1.54, 1.807) is 0 Å². The number of carbonyl (C=O) groups excluding carboxylic acids is 1. The van der Waals surface area contributed by atoms with Crippen molar-refractivity contribution in [3.63, 3.8) is 0 Å². The quantitative estimate of drug-likeness (QED) is 0.740. The highest BCUT2D eigenvalue weighted by atomic mass is 32.2. The molecule has 7 heteroatoms. The van der Waals surface area contributed by atoms with Crippen molar-refractivity contribution in [3.05, 3.63) is 29.8 Å². The minimum atomic E-state index is -3.05. The number of thioether (sulfide) groups is 1. The summed E-state index contributed by atoms with van der Waals surface area (Å²) in [6, 6.07) is 8.02. The van der Waals surface area contributed by atoms with E-state index in [4.69, 9.17) is 0 Å². The number of benzene rings is 1. The van der Waals surface area contributed by atoms with Crippen molar-refractivity contribution in [1.82, 2.24) is 0 Å². The molecule has 0 spiro atoms. The molecule has 5 nitrogen and oxygen atoms in total. The number of carbonyl (C=O) groups is 1. The van der Waals surface area contributed by atoms with Gasteiger partial charge in [0, 0.05) is 16.9 Å². The largest absolute Gasteiger partial charge is 0.316 e. The van der Waals surface area contributed by atoms with Gasteiger partial charge < -0.3 is 4.90 Å². The number of fused-ring (bicyclic) bond motifs is 1. The fourth-order valence-corrected chi connectivity index (χ4v) is 7.63. The second-order valence-electron chi connectivity index (χ2n) is 7.66. The first-order chi connectivity index (χ1) is 12.8. The predicted octanol–water partition coefficient (Wildman–Crippen LogP) is 3.85. The van der Waals surface area contributed by atoms with Gasteiger partial charge in [0.2, 0.25) is 0 Å². The van der Waals surface area contributed by atoms with Crippen molar-refractivity contribution in [1.29, 1.82) is 0 Å². The second-order valence-corrected chi connectivity index (χ2v) is 11.0. The van der Waals surface area contributed by atoms with Gasteiger partial charge in [-0.2, -0.15) is 4.99 Å². The summed E-state index contributed by atoms with van der Waals surface area (Å²) in [6.45, 7) is 8.28. The van der Waals surface area contributed by atoms with Gasteiger partial charge in [-0.3, -0.25) is 4.79 Å². The molecule has 0 aliphatic carbocycles. The Morgan fingerprint density at radius 2 is 1.81 bits per heavy atom. The van der Waals surface area contributed by atoms with Crippen LogP contribution in [0, 0.1) is 5.92 Å². The molecular weight excluding hydrogens is 380 g/mol. The highest BCUT2D eigenvalue weighted by Crippen LogP contribution is 2.41. The Kier molecular flexibility index (Phi) is 6.01. The van der Waals surface area contributed by atoms with E-state index in [0.29, 0.717) is 11.1 Å². The Bertz CT molecular complexity index is 827. The van der Waals surface area contributed by atoms with Crippen LogP contribution in [0.1, 0.15) is 52.0 Å². The van der Waals surface area contributed by atoms with Crippen molar-refractivity contribution in [3.8, 4) is 0 Å². The number of rotatable bonds is 5. The fraction of sp³-hybridized carbons (Fsp3) is 0.600. The Morgan fingerprint density at radius 1 is 1.19 bits per heavy atom. The Hall–Kier alpha value is -1.34. The summed E-state index contributed by atoms with van der Waals surface area (Å²) in [5.74, 6) is 0.522. The van der Waals surface area contributed by atoms with Crippen LogP contribution >= 0.6 is 11.8 Å². The fourth-order valence-electron chi connectivity index (χ4n) is 3.71. The Balaban J connectivity index is 1.96. The molecule has 0 radical (unpaired) electrons. The lowest BCUT2D eigenvalue weighted by molar-refractivity contribution is -0.121. The van der Waals surface area contributed by atoms with Crippen molar-refractivity contribution < 1.29 is 13.2 Å². The molecule has 2 aliphatic heterocycles. The minimum Gasteiger partial charge on any atom is -0.316 e. The van der Waals surface area contributed by atoms with E-state index >= 15 is 0 Å². The maximum absolute atomic E-state index is 12.6. The van der Waals surface area contributed by atoms with Gasteiger partial charge in [-0.1, -0.05) is 51.6 Å². The third-order valence-corrected chi connectivity index (χ3v) is 8.65. The molecule has 0 N–H and O–H groups in total. The molecule has 0 unspecified atom stereocenters. The molecule has 0 aromatic heterocycles. The zero-order valence-electron chi connectivity index (χ0n) is 16.4. The number of aliphatic imine (C=N–C) groups is 1. The van der Waals surface area contributed by atoms with E-state index in [9.17, 15) is 13.2 Å². The first-order valence-corrected chi connectivity index (χ1v) is 12.3. The second kappa shape index (κ2) is 7.95. The zero-order valence-corrected chi connectivity index (χ0v) is 18.0. The Morgan fingerprint density at radius 3 is 2.37 bits per heavy atom. The topological polar surface area (TPSA) is 66.8 Å². The van der Waals surface area contributed by atoms with Crippen molar-refractivity contribution in [2.24, 2.45) is 10.9 Å². The third-order valence-electron chi connectivity index (χ3n) is 5.45. The molecule has 0 bridgehead atoms. The monoisotopic (exact) mass is 408 g/mol. The summed E-state index contributed by atoms with van der Waals surface area (Å²) < 4.78 is 24.3. The summed E-state index contributed by atoms with van der Waals surface area (Å²) in [6.07, 6.45) is 1.53. The van der Waals surface area contributed by atoms with E-state index in [2.05, 4.69) is 31.0 Å². The highest BCUT2D eigenvalue weighted by Gasteiger charge is 2.49. The van der Waals surface area contributed by atoms with E-state index in [1.807, 2.05) is 30.9 Å². The van der Waals surface area contributed by atoms with Crippen molar-refractivity contribution in [2.45, 2.75) is 57.7 Å². The molecule has 2 saturated heterocycles. The molecule has 148 valence electrons. The normalized spacial score (nSPS) is 25.6. The van der Waals surface area contributed by atoms with Crippen LogP contribution in [0.25, 0.3) is 0 Å². The standard InChI is InChI=1S/C20H28N2O3S2/c1-5-14(6-2)19(23)21-20-22(16-9-7-15(8-10-16)13(3)4)17-11-27(24,25)12-18(17)26-20/h7-10,13-14,17-18H,5-6,11-12H2,1-4H3/t17-,18+/m0/s1. The number of hydrogen-bond donors (Lipinski definition) is 0. The highest BCUT2D eigenvalue weighted by molar-refractivity contribution is 8.16. The molecule has 3 rings (SSSR count). The molecular formula is C20H28N2O3S2. The maximum Gasteiger partial charge on any atom is 0.251 e. The summed E-state index contributed by atoms with van der Waals surface area (Å²) in [7, 11) is -3.05. The minimum absolute atomic E-state index is 0.0620. The first-order valence-electron chi connectivity index (χ1n) is 9.64. The predicted molar refractivity (Wildman–Crippen MR) is 113 cm³/mol. The van der Waals surface area contributed by atoms with E-state index in [-0.39, 0.29) is 34.6 Å². The number of amidine groups is 1. The molecule has 2 fully saturated rings. The number of amides is 1. The summed E-state index contributed by atoms with van der Waals surface area (Å²) in [5, 5.41) is 0.585. The van der Waals surface area contributed by atoms with Gasteiger partial charge in [-0.05, 0) is 36.5 Å². The molecule has 1 amide bonds. The number of anilines is 1. The van der Waals surface area contributed by atoms with Crippen LogP contribution < -0.4 is 4.90 Å². The molecule has 1 aromatic carbocycles. The van der Waals surface area contributed by atoms with E-state index < -0.39 is 9.84 Å². The van der Waals surface area contributed by atoms with Crippen LogP contribution in [0.15, 0.2) is 29.3 Å². The average Bonchev–Trinajstić information content (AvgIpc) is 3.06. The average molecular weight is 409 g/mol. The van der Waals surface area contributed by atoms with Gasteiger partial charge >= 0.3 is 0 Å². The van der Waals surface area contributed by atoms with E-state index in [1.165, 1.54) is 17.3 Å². The zero-order chi connectivity index (χ0) is 19.8. The molecule has 2 aliphatic rings. The van der Waals surface area contributed by atoms with Crippen LogP contribution in [-0.2, 0) is 14.6 Å². The van der Waals surface area contributed by atoms with Gasteiger partial charge in [0.15, 0.2) is 15.0 Å². The smallest absolute Gasteiger partial charge is 0.251 e. The number of hydrogen-bond acceptors (Lipinski definition) is 4. The summed E-state index contributed by atoms with van der Waals surface area (Å²) in [4.78, 5) is 19.0. The summed E-state index contributed by atoms with van der Waals surface area (Å²) >= 11 is 1.44. The van der Waals surface area contributed by atoms with Gasteiger partial charge in [0.1, 0.15) is 0 Å². The molecule has 0 saturated carbocycles. The summed E-state index contributed by atoms with van der Waals surface area (Å²) in [5.41, 5.74) is 2.14. The lowest BCUT2D eigenvalue weighted by Crippen LogP contribution is -2.37. The van der Waals surface area contributed by atoms with Crippen LogP contribution in [-0.4, -0.2) is 42.3 Å². The molecule has 1 aromatic rings. The number of sulfone groups is 1. The molecule has 27 heavy (non-hydrogen) atoms. The van der Waals surface area contributed by atoms with Crippen LogP contribution in [0.2, 0.25) is 0 Å². The third kappa shape index (κ3) is 4.24. The SMILES string of the molecule is CCC(CC)C(=O)N=C1S[C@@H]2CS(=O)(=O)C[C@@H]2N1c1ccc(C(C)C)cc1. The number of nitrogens with zero attached hydrogens (tertiary/aromatic N) is 2. The molecule has 2 heterocycles. The molecule has 2 atom stereocenters. The van der Waals surface area contributed by atoms with Gasteiger partial charge in [-0.25, -0.2) is 8.42 Å². The van der Waals surface area contributed by atoms with Gasteiger partial charge in [0.25, 0.3) is 5.91 Å². The van der Waals surface area contributed by atoms with Gasteiger partial charge in [-0.15, -0.1) is 0 Å². The van der Waals surface area contributed by atoms with Crippen LogP contribution in [0.5, 0.6) is 0 Å². The maximum atomic E-state index is 12.6. The lowest BCUT2D eigenvalue weighted by atomic mass is 10.0. The van der Waals surface area contributed by atoms with E-state index in [0.717, 1.165) is 18.5 Å². The van der Waals surface area contributed by atoms with Crippen LogP contribution in [0.3, 0.4) is 0 Å². The van der Waals surface area contributed by atoms with Gasteiger partial charge in [0.05, 0.1) is 17.5 Å². The lowest BCUT2D eigenvalue weighted by Gasteiger charge is -2.25. The van der Waals surface area contributed by atoms with Crippen molar-refractivity contribution >= 4 is 38.4 Å².